The molecule has 66 valence electrons. The second-order valence-electron chi connectivity index (χ2n) is 4.21. The van der Waals surface area contributed by atoms with Gasteiger partial charge in [0.2, 0.25) is 0 Å². The normalized spacial score (nSPS) is 40.2. The minimum atomic E-state index is 0.394. The molecule has 0 aromatic carbocycles. The summed E-state index contributed by atoms with van der Waals surface area (Å²) in [7, 11) is 0. The summed E-state index contributed by atoms with van der Waals surface area (Å²) in [6.07, 6.45) is 4.92. The van der Waals surface area contributed by atoms with Crippen LogP contribution in [0.25, 0.3) is 0 Å². The van der Waals surface area contributed by atoms with Crippen molar-refractivity contribution in [3.63, 3.8) is 0 Å². The molecule has 0 aromatic rings. The molecule has 0 spiro atoms. The van der Waals surface area contributed by atoms with E-state index < -0.39 is 0 Å². The lowest BCUT2D eigenvalue weighted by Gasteiger charge is -2.11. The number of nitriles is 1. The van der Waals surface area contributed by atoms with Crippen molar-refractivity contribution in [2.24, 2.45) is 11.8 Å². The molecule has 2 rings (SSSR count). The Morgan fingerprint density at radius 2 is 2.17 bits per heavy atom. The lowest BCUT2D eigenvalue weighted by molar-refractivity contribution is 0.490. The summed E-state index contributed by atoms with van der Waals surface area (Å²) in [6, 6.07) is 3.36. The molecule has 0 saturated heterocycles. The van der Waals surface area contributed by atoms with Gasteiger partial charge in [-0.2, -0.15) is 5.26 Å². The third kappa shape index (κ3) is 1.34. The summed E-state index contributed by atoms with van der Waals surface area (Å²) in [5.41, 5.74) is 0. The highest BCUT2D eigenvalue weighted by Gasteiger charge is 2.52. The van der Waals surface area contributed by atoms with Gasteiger partial charge in [0.15, 0.2) is 0 Å². The van der Waals surface area contributed by atoms with Crippen molar-refractivity contribution in [2.75, 3.05) is 0 Å². The number of hydrogen-bond acceptors (Lipinski definition) is 2. The number of fused-ring (bicyclic) bond motifs is 1. The van der Waals surface area contributed by atoms with Gasteiger partial charge in [0, 0.05) is 12.1 Å². The van der Waals surface area contributed by atoms with E-state index in [0.29, 0.717) is 12.5 Å². The Hall–Kier alpha value is -0.550. The average molecular weight is 164 g/mol. The zero-order valence-electron chi connectivity index (χ0n) is 7.59. The highest BCUT2D eigenvalue weighted by atomic mass is 15.0. The molecule has 0 aromatic heterocycles. The Kier molecular flexibility index (Phi) is 2.06. The quantitative estimate of drug-likeness (QED) is 0.688. The molecule has 2 aliphatic carbocycles. The van der Waals surface area contributed by atoms with Crippen LogP contribution in [0.3, 0.4) is 0 Å². The molecule has 1 N–H and O–H groups in total. The second-order valence-corrected chi connectivity index (χ2v) is 4.21. The molecular weight excluding hydrogens is 148 g/mol. The maximum atomic E-state index is 8.48. The molecular formula is C10H16N2. The van der Waals surface area contributed by atoms with Gasteiger partial charge in [-0.25, -0.2) is 0 Å². The number of rotatable bonds is 3. The minimum absolute atomic E-state index is 0.394. The first-order chi connectivity index (χ1) is 5.83. The molecule has 2 aliphatic rings. The summed E-state index contributed by atoms with van der Waals surface area (Å²) >= 11 is 0. The van der Waals surface area contributed by atoms with Crippen molar-refractivity contribution >= 4 is 0 Å². The van der Waals surface area contributed by atoms with Crippen molar-refractivity contribution in [1.82, 2.24) is 5.32 Å². The van der Waals surface area contributed by atoms with E-state index in [1.54, 1.807) is 0 Å². The minimum Gasteiger partial charge on any atom is -0.310 e. The maximum Gasteiger partial charge on any atom is 0.0638 e. The summed E-state index contributed by atoms with van der Waals surface area (Å²) < 4.78 is 0. The Labute approximate surface area is 74.0 Å². The van der Waals surface area contributed by atoms with Crippen LogP contribution in [0.4, 0.5) is 0 Å². The van der Waals surface area contributed by atoms with Crippen LogP contribution in [0.2, 0.25) is 0 Å². The SMILES string of the molecule is CC(CC#N)NC1[C@H]2CCC[C@@H]12. The zero-order valence-corrected chi connectivity index (χ0v) is 7.59. The molecule has 2 fully saturated rings. The van der Waals surface area contributed by atoms with Crippen molar-refractivity contribution in [2.45, 2.75) is 44.7 Å². The molecule has 2 heteroatoms. The standard InChI is InChI=1S/C10H16N2/c1-7(5-6-11)12-10-8-3-2-4-9(8)10/h7-10,12H,2-5H2,1H3/t7?,8-,9+,10?. The fourth-order valence-electron chi connectivity index (χ4n) is 2.59. The lowest BCUT2D eigenvalue weighted by Crippen LogP contribution is -2.30. The first-order valence-electron chi connectivity index (χ1n) is 4.96. The second kappa shape index (κ2) is 3.06. The molecule has 0 bridgehead atoms. The van der Waals surface area contributed by atoms with Crippen LogP contribution in [0.1, 0.15) is 32.6 Å². The molecule has 2 nitrogen and oxygen atoms in total. The van der Waals surface area contributed by atoms with Gasteiger partial charge in [-0.3, -0.25) is 0 Å². The summed E-state index contributed by atoms with van der Waals surface area (Å²) in [4.78, 5) is 0. The Balaban J connectivity index is 1.73. The predicted molar refractivity (Wildman–Crippen MR) is 47.4 cm³/mol. The molecule has 2 saturated carbocycles. The first kappa shape index (κ1) is 8.07. The third-order valence-electron chi connectivity index (χ3n) is 3.28. The molecule has 0 aliphatic heterocycles. The Morgan fingerprint density at radius 1 is 1.50 bits per heavy atom. The fourth-order valence-corrected chi connectivity index (χ4v) is 2.59. The highest BCUT2D eigenvalue weighted by molar-refractivity contribution is 5.07. The van der Waals surface area contributed by atoms with Crippen LogP contribution in [0, 0.1) is 23.2 Å². The monoisotopic (exact) mass is 164 g/mol. The first-order valence-corrected chi connectivity index (χ1v) is 4.96. The zero-order chi connectivity index (χ0) is 8.55. The Morgan fingerprint density at radius 3 is 2.75 bits per heavy atom. The van der Waals surface area contributed by atoms with Gasteiger partial charge in [0.05, 0.1) is 12.5 Å². The van der Waals surface area contributed by atoms with Crippen LogP contribution in [0.15, 0.2) is 0 Å². The third-order valence-corrected chi connectivity index (χ3v) is 3.28. The predicted octanol–water partition coefficient (Wildman–Crippen LogP) is 1.68. The van der Waals surface area contributed by atoms with Gasteiger partial charge >= 0.3 is 0 Å². The highest BCUT2D eigenvalue weighted by Crippen LogP contribution is 2.52. The molecule has 12 heavy (non-hydrogen) atoms. The van der Waals surface area contributed by atoms with E-state index in [0.717, 1.165) is 17.9 Å². The van der Waals surface area contributed by atoms with Gasteiger partial charge in [-0.15, -0.1) is 0 Å². The van der Waals surface area contributed by atoms with E-state index in [4.69, 9.17) is 5.26 Å². The number of hydrogen-bond donors (Lipinski definition) is 1. The summed E-state index contributed by atoms with van der Waals surface area (Å²) in [5, 5.41) is 12.0. The van der Waals surface area contributed by atoms with Crippen molar-refractivity contribution < 1.29 is 0 Å². The van der Waals surface area contributed by atoms with Crippen LogP contribution in [-0.4, -0.2) is 12.1 Å². The van der Waals surface area contributed by atoms with E-state index in [1.165, 1.54) is 19.3 Å². The molecule has 2 unspecified atom stereocenters. The van der Waals surface area contributed by atoms with Gasteiger partial charge in [-0.05, 0) is 31.6 Å². The van der Waals surface area contributed by atoms with Gasteiger partial charge in [0.25, 0.3) is 0 Å². The van der Waals surface area contributed by atoms with Gasteiger partial charge in [0.1, 0.15) is 0 Å². The van der Waals surface area contributed by atoms with Crippen LogP contribution < -0.4 is 5.32 Å². The Bertz CT molecular complexity index is 196. The largest absolute Gasteiger partial charge is 0.310 e. The van der Waals surface area contributed by atoms with Gasteiger partial charge < -0.3 is 5.32 Å². The smallest absolute Gasteiger partial charge is 0.0638 e. The van der Waals surface area contributed by atoms with E-state index in [-0.39, 0.29) is 0 Å². The fraction of sp³-hybridized carbons (Fsp3) is 0.900. The summed E-state index contributed by atoms with van der Waals surface area (Å²) in [6.45, 7) is 2.11. The molecule has 0 heterocycles. The van der Waals surface area contributed by atoms with E-state index in [2.05, 4.69) is 18.3 Å². The van der Waals surface area contributed by atoms with Crippen LogP contribution in [0.5, 0.6) is 0 Å². The summed E-state index contributed by atoms with van der Waals surface area (Å²) in [5.74, 6) is 1.93. The average Bonchev–Trinajstić information content (AvgIpc) is 2.51. The van der Waals surface area contributed by atoms with Crippen LogP contribution in [-0.2, 0) is 0 Å². The van der Waals surface area contributed by atoms with E-state index in [9.17, 15) is 0 Å². The molecule has 0 amide bonds. The number of nitrogens with zero attached hydrogens (tertiary/aromatic N) is 1. The van der Waals surface area contributed by atoms with Crippen molar-refractivity contribution in [1.29, 1.82) is 5.26 Å². The van der Waals surface area contributed by atoms with Crippen molar-refractivity contribution in [3.8, 4) is 6.07 Å². The van der Waals surface area contributed by atoms with E-state index in [1.807, 2.05) is 0 Å². The van der Waals surface area contributed by atoms with Gasteiger partial charge in [-0.1, -0.05) is 6.42 Å². The molecule has 0 radical (unpaired) electrons. The maximum absolute atomic E-state index is 8.48. The van der Waals surface area contributed by atoms with E-state index >= 15 is 0 Å². The lowest BCUT2D eigenvalue weighted by atomic mass is 10.2. The molecule has 4 atom stereocenters. The topological polar surface area (TPSA) is 35.8 Å². The van der Waals surface area contributed by atoms with Crippen LogP contribution >= 0.6 is 0 Å². The number of nitrogens with one attached hydrogen (secondary N) is 1. The van der Waals surface area contributed by atoms with Crippen molar-refractivity contribution in [3.05, 3.63) is 0 Å².